The lowest BCUT2D eigenvalue weighted by Crippen LogP contribution is -2.47. The van der Waals surface area contributed by atoms with E-state index in [0.29, 0.717) is 44.8 Å². The van der Waals surface area contributed by atoms with E-state index in [4.69, 9.17) is 34.8 Å². The van der Waals surface area contributed by atoms with Gasteiger partial charge in [-0.1, -0.05) is 77.3 Å². The van der Waals surface area contributed by atoms with Crippen molar-refractivity contribution < 1.29 is 9.59 Å². The molecule has 1 aliphatic rings. The van der Waals surface area contributed by atoms with E-state index in [1.807, 2.05) is 29.3 Å². The minimum absolute atomic E-state index is 0.215. The maximum absolute atomic E-state index is 13.5. The van der Waals surface area contributed by atoms with Crippen molar-refractivity contribution in [3.8, 4) is 0 Å². The predicted molar refractivity (Wildman–Crippen MR) is 142 cm³/mol. The standard InChI is InChI=1S/C25H18Cl3IN2O2/c26-18-8-10-22(19(14-18)23(32)17-5-2-1-3-6-17)30-24(33)25(29)11-4-12-31(25)15-16-7-9-20(27)21(28)13-16/h1-10,12-14H,11,15H2,(H,30,33)/t25-/m1/s1. The Labute approximate surface area is 220 Å². The molecule has 0 aromatic heterocycles. The molecule has 0 bridgehead atoms. The molecule has 1 N–H and O–H groups in total. The summed E-state index contributed by atoms with van der Waals surface area (Å²) in [6.45, 7) is 0.472. The number of carbonyl (C=O) groups excluding carboxylic acids is 2. The number of alkyl halides is 1. The molecule has 0 aliphatic carbocycles. The molecular weight excluding hydrogens is 594 g/mol. The number of benzene rings is 3. The molecule has 1 heterocycles. The summed E-state index contributed by atoms with van der Waals surface area (Å²) in [6.07, 6.45) is 4.35. The lowest BCUT2D eigenvalue weighted by molar-refractivity contribution is -0.120. The average Bonchev–Trinajstić information content (AvgIpc) is 3.19. The highest BCUT2D eigenvalue weighted by molar-refractivity contribution is 14.1. The molecule has 0 radical (unpaired) electrons. The number of amides is 1. The highest BCUT2D eigenvalue weighted by Gasteiger charge is 2.42. The van der Waals surface area contributed by atoms with Gasteiger partial charge in [0.05, 0.1) is 15.7 Å². The zero-order valence-electron chi connectivity index (χ0n) is 17.2. The Bertz CT molecular complexity index is 1250. The Hall–Kier alpha value is -2.06. The van der Waals surface area contributed by atoms with Crippen LogP contribution in [0, 0.1) is 0 Å². The Kier molecular flexibility index (Phi) is 7.34. The molecule has 168 valence electrons. The van der Waals surface area contributed by atoms with Crippen molar-refractivity contribution in [3.05, 3.63) is 111 Å². The van der Waals surface area contributed by atoms with Crippen molar-refractivity contribution in [2.45, 2.75) is 16.5 Å². The molecule has 33 heavy (non-hydrogen) atoms. The second kappa shape index (κ2) is 10.1. The summed E-state index contributed by atoms with van der Waals surface area (Å²) in [6, 6.07) is 19.2. The molecule has 3 aromatic rings. The second-order valence-corrected chi connectivity index (χ2v) is 10.6. The summed E-state index contributed by atoms with van der Waals surface area (Å²) in [5.74, 6) is -0.453. The van der Waals surface area contributed by atoms with Gasteiger partial charge in [-0.2, -0.15) is 0 Å². The third-order valence-electron chi connectivity index (χ3n) is 5.32. The first-order valence-electron chi connectivity index (χ1n) is 10.0. The van der Waals surface area contributed by atoms with E-state index in [1.165, 1.54) is 0 Å². The third-order valence-corrected chi connectivity index (χ3v) is 7.85. The van der Waals surface area contributed by atoms with Crippen molar-refractivity contribution >= 4 is 74.8 Å². The van der Waals surface area contributed by atoms with Crippen LogP contribution in [0.15, 0.2) is 79.0 Å². The molecule has 1 aliphatic heterocycles. The number of rotatable bonds is 6. The summed E-state index contributed by atoms with van der Waals surface area (Å²) < 4.78 is -0.878. The van der Waals surface area contributed by atoms with Gasteiger partial charge in [0, 0.05) is 29.1 Å². The average molecular weight is 612 g/mol. The maximum atomic E-state index is 13.5. The maximum Gasteiger partial charge on any atom is 0.260 e. The Morgan fingerprint density at radius 2 is 1.73 bits per heavy atom. The van der Waals surface area contributed by atoms with Gasteiger partial charge in [-0.05, 0) is 64.7 Å². The van der Waals surface area contributed by atoms with E-state index in [0.717, 1.165) is 5.56 Å². The van der Waals surface area contributed by atoms with Gasteiger partial charge in [0.2, 0.25) is 0 Å². The normalized spacial score (nSPS) is 17.3. The van der Waals surface area contributed by atoms with Crippen LogP contribution in [0.4, 0.5) is 5.69 Å². The quantitative estimate of drug-likeness (QED) is 0.137. The van der Waals surface area contributed by atoms with Crippen molar-refractivity contribution in [2.24, 2.45) is 0 Å². The molecular formula is C25H18Cl3IN2O2. The number of hydrogen-bond acceptors (Lipinski definition) is 3. The Balaban J connectivity index is 1.58. The molecule has 1 amide bonds. The number of carbonyl (C=O) groups is 2. The predicted octanol–water partition coefficient (Wildman–Crippen LogP) is 7.37. The van der Waals surface area contributed by atoms with Crippen LogP contribution in [0.1, 0.15) is 27.9 Å². The fraction of sp³-hybridized carbons (Fsp3) is 0.120. The molecule has 0 saturated heterocycles. The number of halogens is 4. The SMILES string of the molecule is O=C(c1ccccc1)c1cc(Cl)ccc1NC(=O)[C@@]1(I)CC=CN1Cc1ccc(Cl)c(Cl)c1. The minimum atomic E-state index is -0.878. The fourth-order valence-corrected chi connectivity index (χ4v) is 4.80. The van der Waals surface area contributed by atoms with Crippen molar-refractivity contribution in [3.63, 3.8) is 0 Å². The minimum Gasteiger partial charge on any atom is -0.351 e. The van der Waals surface area contributed by atoms with Crippen LogP contribution in [0.5, 0.6) is 0 Å². The molecule has 0 unspecified atom stereocenters. The fourth-order valence-electron chi connectivity index (χ4n) is 3.58. The number of anilines is 1. The molecule has 4 rings (SSSR count). The number of ketones is 1. The highest BCUT2D eigenvalue weighted by atomic mass is 127. The topological polar surface area (TPSA) is 49.4 Å². The lowest BCUT2D eigenvalue weighted by atomic mass is 10.0. The van der Waals surface area contributed by atoms with Crippen LogP contribution in [-0.4, -0.2) is 20.1 Å². The highest BCUT2D eigenvalue weighted by Crippen LogP contribution is 2.38. The largest absolute Gasteiger partial charge is 0.351 e. The van der Waals surface area contributed by atoms with Crippen LogP contribution in [0.2, 0.25) is 15.1 Å². The monoisotopic (exact) mass is 610 g/mol. The summed E-state index contributed by atoms with van der Waals surface area (Å²) in [7, 11) is 0. The summed E-state index contributed by atoms with van der Waals surface area (Å²) in [5, 5.41) is 4.31. The molecule has 0 saturated carbocycles. The summed E-state index contributed by atoms with van der Waals surface area (Å²) >= 11 is 20.5. The van der Waals surface area contributed by atoms with Gasteiger partial charge in [0.25, 0.3) is 5.91 Å². The first kappa shape index (κ1) is 24.1. The molecule has 0 fully saturated rings. The van der Waals surface area contributed by atoms with Gasteiger partial charge in [-0.3, -0.25) is 9.59 Å². The molecule has 4 nitrogen and oxygen atoms in total. The molecule has 3 aromatic carbocycles. The van der Waals surface area contributed by atoms with Crippen LogP contribution >= 0.6 is 57.4 Å². The summed E-state index contributed by atoms with van der Waals surface area (Å²) in [4.78, 5) is 28.5. The Morgan fingerprint density at radius 3 is 2.45 bits per heavy atom. The van der Waals surface area contributed by atoms with E-state index in [9.17, 15) is 9.59 Å². The first-order chi connectivity index (χ1) is 15.8. The first-order valence-corrected chi connectivity index (χ1v) is 12.3. The van der Waals surface area contributed by atoms with E-state index in [-0.39, 0.29) is 11.7 Å². The van der Waals surface area contributed by atoms with Crippen molar-refractivity contribution in [1.82, 2.24) is 4.90 Å². The van der Waals surface area contributed by atoms with E-state index in [2.05, 4.69) is 27.9 Å². The van der Waals surface area contributed by atoms with Gasteiger partial charge in [0.15, 0.2) is 9.33 Å². The van der Waals surface area contributed by atoms with Crippen LogP contribution in [0.3, 0.4) is 0 Å². The van der Waals surface area contributed by atoms with Gasteiger partial charge < -0.3 is 10.2 Å². The molecule has 1 atom stereocenters. The van der Waals surface area contributed by atoms with Gasteiger partial charge in [-0.15, -0.1) is 0 Å². The zero-order chi connectivity index (χ0) is 23.6. The van der Waals surface area contributed by atoms with E-state index in [1.54, 1.807) is 54.6 Å². The van der Waals surface area contributed by atoms with E-state index < -0.39 is 3.55 Å². The second-order valence-electron chi connectivity index (χ2n) is 7.56. The zero-order valence-corrected chi connectivity index (χ0v) is 21.6. The van der Waals surface area contributed by atoms with Gasteiger partial charge in [-0.25, -0.2) is 0 Å². The van der Waals surface area contributed by atoms with Crippen molar-refractivity contribution in [2.75, 3.05) is 5.32 Å². The smallest absolute Gasteiger partial charge is 0.260 e. The summed E-state index contributed by atoms with van der Waals surface area (Å²) in [5.41, 5.74) is 2.19. The van der Waals surface area contributed by atoms with E-state index >= 15 is 0 Å². The van der Waals surface area contributed by atoms with Crippen molar-refractivity contribution in [1.29, 1.82) is 0 Å². The lowest BCUT2D eigenvalue weighted by Gasteiger charge is -2.33. The number of nitrogens with one attached hydrogen (secondary N) is 1. The molecule has 8 heteroatoms. The van der Waals surface area contributed by atoms with Gasteiger partial charge >= 0.3 is 0 Å². The third kappa shape index (κ3) is 5.22. The van der Waals surface area contributed by atoms with Crippen LogP contribution < -0.4 is 5.32 Å². The van der Waals surface area contributed by atoms with Crippen LogP contribution in [-0.2, 0) is 11.3 Å². The Morgan fingerprint density at radius 1 is 0.970 bits per heavy atom. The number of nitrogens with zero attached hydrogens (tertiary/aromatic N) is 1. The number of hydrogen-bond donors (Lipinski definition) is 1. The van der Waals surface area contributed by atoms with Crippen LogP contribution in [0.25, 0.3) is 0 Å². The van der Waals surface area contributed by atoms with Gasteiger partial charge in [0.1, 0.15) is 0 Å². The molecule has 0 spiro atoms.